The van der Waals surface area contributed by atoms with Crippen molar-refractivity contribution >= 4 is 22.8 Å². The van der Waals surface area contributed by atoms with Crippen LogP contribution in [0.25, 0.3) is 5.57 Å². The molecule has 0 saturated carbocycles. The fraction of sp³-hybridized carbons (Fsp3) is 0.409. The van der Waals surface area contributed by atoms with Crippen molar-refractivity contribution in [3.8, 4) is 0 Å². The Balaban J connectivity index is 1.20. The Morgan fingerprint density at radius 1 is 1.19 bits per heavy atom. The van der Waals surface area contributed by atoms with Crippen molar-refractivity contribution in [2.24, 2.45) is 11.8 Å². The van der Waals surface area contributed by atoms with Gasteiger partial charge in [-0.15, -0.1) is 0 Å². The van der Waals surface area contributed by atoms with Gasteiger partial charge in [0.15, 0.2) is 0 Å². The molecule has 4 heteroatoms. The highest BCUT2D eigenvalue weighted by atomic mass is 32.1. The number of carbonyl (C=O) groups excluding carboxylic acids is 1. The molecule has 136 valence electrons. The molecule has 2 aromatic rings. The van der Waals surface area contributed by atoms with Gasteiger partial charge < -0.3 is 5.32 Å². The van der Waals surface area contributed by atoms with Crippen LogP contribution in [0.15, 0.2) is 52.7 Å². The number of hydrogen-bond donors (Lipinski definition) is 1. The van der Waals surface area contributed by atoms with Crippen molar-refractivity contribution in [2.45, 2.75) is 26.3 Å². The van der Waals surface area contributed by atoms with Gasteiger partial charge in [-0.2, -0.15) is 11.3 Å². The molecule has 1 amide bonds. The van der Waals surface area contributed by atoms with Crippen LogP contribution in [0, 0.1) is 11.8 Å². The molecule has 1 unspecified atom stereocenters. The summed E-state index contributed by atoms with van der Waals surface area (Å²) in [5.41, 5.74) is 5.05. The number of carbonyl (C=O) groups is 1. The second kappa shape index (κ2) is 7.77. The van der Waals surface area contributed by atoms with Gasteiger partial charge in [-0.05, 0) is 72.3 Å². The average molecular weight is 367 g/mol. The zero-order valence-electron chi connectivity index (χ0n) is 15.3. The van der Waals surface area contributed by atoms with E-state index in [-0.39, 0.29) is 11.8 Å². The third-order valence-electron chi connectivity index (χ3n) is 5.67. The Labute approximate surface area is 159 Å². The number of benzene rings is 1. The second-order valence-electron chi connectivity index (χ2n) is 7.49. The first-order chi connectivity index (χ1) is 12.7. The van der Waals surface area contributed by atoms with Crippen LogP contribution in [0.2, 0.25) is 0 Å². The lowest BCUT2D eigenvalue weighted by atomic mass is 9.96. The van der Waals surface area contributed by atoms with Crippen LogP contribution in [0.1, 0.15) is 30.9 Å². The van der Waals surface area contributed by atoms with Crippen molar-refractivity contribution in [1.29, 1.82) is 0 Å². The van der Waals surface area contributed by atoms with Crippen molar-refractivity contribution in [3.63, 3.8) is 0 Å². The third-order valence-corrected chi connectivity index (χ3v) is 6.40. The van der Waals surface area contributed by atoms with Gasteiger partial charge in [0.25, 0.3) is 0 Å². The van der Waals surface area contributed by atoms with Crippen molar-refractivity contribution in [2.75, 3.05) is 19.6 Å². The lowest BCUT2D eigenvalue weighted by Crippen LogP contribution is -2.38. The third kappa shape index (κ3) is 3.92. The summed E-state index contributed by atoms with van der Waals surface area (Å²) in [4.78, 5) is 15.1. The number of likely N-dealkylation sites (tertiary alicyclic amines) is 1. The summed E-state index contributed by atoms with van der Waals surface area (Å²) in [6, 6.07) is 12.5. The van der Waals surface area contributed by atoms with Crippen LogP contribution >= 0.6 is 11.3 Å². The first kappa shape index (κ1) is 17.5. The van der Waals surface area contributed by atoms with Crippen LogP contribution in [0.4, 0.5) is 0 Å². The van der Waals surface area contributed by atoms with Crippen LogP contribution in [-0.2, 0) is 11.3 Å². The Hall–Kier alpha value is -1.91. The zero-order valence-corrected chi connectivity index (χ0v) is 16.1. The molecule has 1 aliphatic carbocycles. The first-order valence-corrected chi connectivity index (χ1v) is 10.4. The molecule has 0 spiro atoms. The number of piperidine rings is 1. The molecule has 4 rings (SSSR count). The zero-order chi connectivity index (χ0) is 17.9. The second-order valence-corrected chi connectivity index (χ2v) is 8.27. The lowest BCUT2D eigenvalue weighted by molar-refractivity contribution is -0.121. The number of nitrogens with one attached hydrogen (secondary N) is 1. The molecule has 1 atom stereocenters. The van der Waals surface area contributed by atoms with Crippen LogP contribution in [-0.4, -0.2) is 30.4 Å². The summed E-state index contributed by atoms with van der Waals surface area (Å²) in [5.74, 6) is 0.787. The van der Waals surface area contributed by atoms with Crippen LogP contribution in [0.5, 0.6) is 0 Å². The molecule has 1 fully saturated rings. The summed E-state index contributed by atoms with van der Waals surface area (Å²) in [6.45, 7) is 6.22. The maximum Gasteiger partial charge on any atom is 0.231 e. The molecule has 2 aliphatic rings. The van der Waals surface area contributed by atoms with Gasteiger partial charge in [0.2, 0.25) is 5.91 Å². The summed E-state index contributed by atoms with van der Waals surface area (Å²) in [7, 11) is 0. The smallest absolute Gasteiger partial charge is 0.231 e. The van der Waals surface area contributed by atoms with Gasteiger partial charge in [0, 0.05) is 13.1 Å². The van der Waals surface area contributed by atoms with Gasteiger partial charge in [-0.1, -0.05) is 35.9 Å². The van der Waals surface area contributed by atoms with E-state index in [2.05, 4.69) is 46.1 Å². The van der Waals surface area contributed by atoms with E-state index in [0.29, 0.717) is 5.92 Å². The van der Waals surface area contributed by atoms with E-state index in [1.807, 2.05) is 18.2 Å². The quantitative estimate of drug-likeness (QED) is 0.832. The summed E-state index contributed by atoms with van der Waals surface area (Å²) >= 11 is 1.77. The highest BCUT2D eigenvalue weighted by Crippen LogP contribution is 2.46. The van der Waals surface area contributed by atoms with E-state index in [0.717, 1.165) is 26.2 Å². The highest BCUT2D eigenvalue weighted by Gasteiger charge is 2.39. The van der Waals surface area contributed by atoms with Gasteiger partial charge in [0.1, 0.15) is 0 Å². The minimum Gasteiger partial charge on any atom is -0.355 e. The Morgan fingerprint density at radius 3 is 2.65 bits per heavy atom. The molecular formula is C22H26N2OS. The van der Waals surface area contributed by atoms with Gasteiger partial charge in [-0.25, -0.2) is 0 Å². The number of nitrogens with zero attached hydrogens (tertiary/aromatic N) is 1. The van der Waals surface area contributed by atoms with Crippen molar-refractivity contribution in [3.05, 3.63) is 63.9 Å². The largest absolute Gasteiger partial charge is 0.355 e. The summed E-state index contributed by atoms with van der Waals surface area (Å²) in [6.07, 6.45) is 2.35. The van der Waals surface area contributed by atoms with Crippen molar-refractivity contribution in [1.82, 2.24) is 10.2 Å². The minimum absolute atomic E-state index is 0.00363. The lowest BCUT2D eigenvalue weighted by Gasteiger charge is -2.31. The Bertz CT molecular complexity index is 774. The highest BCUT2D eigenvalue weighted by molar-refractivity contribution is 7.07. The van der Waals surface area contributed by atoms with E-state index < -0.39 is 0 Å². The summed E-state index contributed by atoms with van der Waals surface area (Å²) in [5, 5.41) is 7.59. The van der Waals surface area contributed by atoms with Gasteiger partial charge >= 0.3 is 0 Å². The first-order valence-electron chi connectivity index (χ1n) is 9.49. The van der Waals surface area contributed by atoms with Crippen LogP contribution in [0.3, 0.4) is 0 Å². The summed E-state index contributed by atoms with van der Waals surface area (Å²) < 4.78 is 0. The molecule has 2 heterocycles. The van der Waals surface area contributed by atoms with Gasteiger partial charge in [0.05, 0.1) is 5.92 Å². The topological polar surface area (TPSA) is 32.3 Å². The standard InChI is InChI=1S/C22H26N2OS/c1-16-20(19-5-3-2-4-6-19)21(16)22(25)23-13-17-7-10-24(11-8-17)14-18-9-12-26-15-18/h2-6,9,12,15,17,21H,7-8,10-11,13-14H2,1H3,(H,23,25). The molecule has 1 aromatic heterocycles. The normalized spacial score (nSPS) is 21.0. The average Bonchev–Trinajstić information content (AvgIpc) is 3.08. The maximum atomic E-state index is 12.6. The number of rotatable bonds is 6. The number of thiophene rings is 1. The fourth-order valence-corrected chi connectivity index (χ4v) is 4.67. The molecule has 1 saturated heterocycles. The predicted molar refractivity (Wildman–Crippen MR) is 108 cm³/mol. The predicted octanol–water partition coefficient (Wildman–Crippen LogP) is 4.18. The van der Waals surface area contributed by atoms with E-state index >= 15 is 0 Å². The monoisotopic (exact) mass is 366 g/mol. The fourth-order valence-electron chi connectivity index (χ4n) is 4.01. The number of amides is 1. The Morgan fingerprint density at radius 2 is 1.96 bits per heavy atom. The van der Waals surface area contributed by atoms with E-state index in [1.54, 1.807) is 11.3 Å². The Kier molecular flexibility index (Phi) is 5.23. The molecule has 0 bridgehead atoms. The molecular weight excluding hydrogens is 340 g/mol. The molecule has 26 heavy (non-hydrogen) atoms. The maximum absolute atomic E-state index is 12.6. The molecule has 3 nitrogen and oxygen atoms in total. The minimum atomic E-state index is -0.00363. The molecule has 1 N–H and O–H groups in total. The molecule has 1 aliphatic heterocycles. The molecule has 1 aromatic carbocycles. The van der Waals surface area contributed by atoms with E-state index in [9.17, 15) is 4.79 Å². The number of hydrogen-bond acceptors (Lipinski definition) is 3. The van der Waals surface area contributed by atoms with Crippen molar-refractivity contribution < 1.29 is 4.79 Å². The van der Waals surface area contributed by atoms with Crippen LogP contribution < -0.4 is 5.32 Å². The van der Waals surface area contributed by atoms with E-state index in [1.165, 1.54) is 35.1 Å². The van der Waals surface area contributed by atoms with Gasteiger partial charge in [-0.3, -0.25) is 9.69 Å². The molecule has 0 radical (unpaired) electrons. The SMILES string of the molecule is CC1=C(c2ccccc2)C1C(=O)NCC1CCN(Cc2ccsc2)CC1. The van der Waals surface area contributed by atoms with E-state index in [4.69, 9.17) is 0 Å².